The van der Waals surface area contributed by atoms with E-state index in [1.807, 2.05) is 31.2 Å². The van der Waals surface area contributed by atoms with Crippen molar-refractivity contribution in [2.75, 3.05) is 6.54 Å². The quantitative estimate of drug-likeness (QED) is 0.891. The average Bonchev–Trinajstić information content (AvgIpc) is 2.90. The fourth-order valence-corrected chi connectivity index (χ4v) is 2.94. The molecule has 1 atom stereocenters. The number of carbonyl (C=O) groups excluding carboxylic acids is 1. The van der Waals surface area contributed by atoms with Crippen LogP contribution in [0, 0.1) is 0 Å². The molecule has 1 aromatic rings. The molecule has 1 aliphatic carbocycles. The van der Waals surface area contributed by atoms with E-state index in [9.17, 15) is 4.79 Å². The highest BCUT2D eigenvalue weighted by Gasteiger charge is 2.42. The van der Waals surface area contributed by atoms with Gasteiger partial charge in [0.25, 0.3) is 0 Å². The van der Waals surface area contributed by atoms with E-state index in [4.69, 9.17) is 17.3 Å². The summed E-state index contributed by atoms with van der Waals surface area (Å²) in [7, 11) is 0. The molecule has 0 aliphatic heterocycles. The highest BCUT2D eigenvalue weighted by Crippen LogP contribution is 2.41. The molecule has 4 heteroatoms. The maximum Gasteiger partial charge on any atom is 0.230 e. The predicted molar refractivity (Wildman–Crippen MR) is 78.3 cm³/mol. The Hall–Kier alpha value is -1.06. The van der Waals surface area contributed by atoms with Crippen molar-refractivity contribution in [3.05, 3.63) is 34.9 Å². The third-order valence-corrected chi connectivity index (χ3v) is 4.27. The van der Waals surface area contributed by atoms with Crippen molar-refractivity contribution < 1.29 is 4.79 Å². The van der Waals surface area contributed by atoms with Crippen LogP contribution < -0.4 is 11.1 Å². The normalized spacial score (nSPS) is 19.1. The highest BCUT2D eigenvalue weighted by atomic mass is 35.5. The number of rotatable bonds is 4. The number of benzene rings is 1. The molecule has 2 rings (SSSR count). The number of amides is 1. The van der Waals surface area contributed by atoms with E-state index in [1.54, 1.807) is 0 Å². The summed E-state index contributed by atoms with van der Waals surface area (Å²) in [6.45, 7) is 2.39. The van der Waals surface area contributed by atoms with E-state index in [0.29, 0.717) is 11.6 Å². The summed E-state index contributed by atoms with van der Waals surface area (Å²) in [5.74, 6) is 0.102. The summed E-state index contributed by atoms with van der Waals surface area (Å²) in [5.41, 5.74) is 6.26. The van der Waals surface area contributed by atoms with Gasteiger partial charge in [-0.2, -0.15) is 0 Å². The third kappa shape index (κ3) is 2.93. The molecule has 0 aromatic heterocycles. The molecule has 3 N–H and O–H groups in total. The molecular formula is C15H21ClN2O. The molecule has 0 heterocycles. The van der Waals surface area contributed by atoms with Gasteiger partial charge in [-0.1, -0.05) is 36.6 Å². The summed E-state index contributed by atoms with van der Waals surface area (Å²) < 4.78 is 0. The van der Waals surface area contributed by atoms with Crippen molar-refractivity contribution in [3.8, 4) is 0 Å². The van der Waals surface area contributed by atoms with Gasteiger partial charge < -0.3 is 11.1 Å². The van der Waals surface area contributed by atoms with Gasteiger partial charge in [-0.15, -0.1) is 0 Å². The molecule has 0 radical (unpaired) electrons. The van der Waals surface area contributed by atoms with Gasteiger partial charge >= 0.3 is 0 Å². The van der Waals surface area contributed by atoms with Crippen LogP contribution in [0.3, 0.4) is 0 Å². The Labute approximate surface area is 119 Å². The Morgan fingerprint density at radius 2 is 1.95 bits per heavy atom. The fourth-order valence-electron chi connectivity index (χ4n) is 2.82. The van der Waals surface area contributed by atoms with Gasteiger partial charge in [0.15, 0.2) is 0 Å². The summed E-state index contributed by atoms with van der Waals surface area (Å²) in [6, 6.07) is 7.67. The first-order valence-corrected chi connectivity index (χ1v) is 7.23. The number of nitrogens with one attached hydrogen (secondary N) is 1. The van der Waals surface area contributed by atoms with Crippen molar-refractivity contribution in [1.82, 2.24) is 5.32 Å². The Balaban J connectivity index is 2.27. The summed E-state index contributed by atoms with van der Waals surface area (Å²) in [4.78, 5) is 12.6. The first kappa shape index (κ1) is 14.4. The van der Waals surface area contributed by atoms with Gasteiger partial charge in [-0.3, -0.25) is 4.79 Å². The van der Waals surface area contributed by atoms with E-state index in [1.165, 1.54) is 0 Å². The Morgan fingerprint density at radius 3 is 2.47 bits per heavy atom. The average molecular weight is 281 g/mol. The Bertz CT molecular complexity index is 438. The minimum absolute atomic E-state index is 0.0114. The number of carbonyl (C=O) groups is 1. The first-order chi connectivity index (χ1) is 9.08. The van der Waals surface area contributed by atoms with Crippen molar-refractivity contribution in [3.63, 3.8) is 0 Å². The van der Waals surface area contributed by atoms with Crippen molar-refractivity contribution >= 4 is 17.5 Å². The van der Waals surface area contributed by atoms with E-state index in [2.05, 4.69) is 5.32 Å². The lowest BCUT2D eigenvalue weighted by molar-refractivity contribution is -0.127. The second-order valence-electron chi connectivity index (χ2n) is 5.41. The zero-order valence-corrected chi connectivity index (χ0v) is 12.0. The van der Waals surface area contributed by atoms with Crippen molar-refractivity contribution in [2.24, 2.45) is 5.73 Å². The Kier molecular flexibility index (Phi) is 4.48. The zero-order chi connectivity index (χ0) is 13.9. The zero-order valence-electron chi connectivity index (χ0n) is 11.3. The molecule has 1 aliphatic rings. The summed E-state index contributed by atoms with van der Waals surface area (Å²) >= 11 is 5.93. The molecule has 3 nitrogen and oxygen atoms in total. The predicted octanol–water partition coefficient (Wildman–Crippen LogP) is 2.62. The molecule has 1 fully saturated rings. The third-order valence-electron chi connectivity index (χ3n) is 4.02. The van der Waals surface area contributed by atoms with Gasteiger partial charge in [0, 0.05) is 17.6 Å². The summed E-state index contributed by atoms with van der Waals surface area (Å²) in [6.07, 6.45) is 3.98. The van der Waals surface area contributed by atoms with Crippen LogP contribution in [0.2, 0.25) is 5.02 Å². The number of halogens is 1. The molecule has 0 saturated heterocycles. The molecular weight excluding hydrogens is 260 g/mol. The second-order valence-corrected chi connectivity index (χ2v) is 5.84. The molecule has 19 heavy (non-hydrogen) atoms. The minimum Gasteiger partial charge on any atom is -0.352 e. The number of hydrogen-bond donors (Lipinski definition) is 2. The minimum atomic E-state index is -0.395. The van der Waals surface area contributed by atoms with Crippen LogP contribution in [-0.4, -0.2) is 18.5 Å². The molecule has 1 aromatic carbocycles. The van der Waals surface area contributed by atoms with E-state index in [0.717, 1.165) is 31.2 Å². The van der Waals surface area contributed by atoms with Crippen LogP contribution in [-0.2, 0) is 10.2 Å². The van der Waals surface area contributed by atoms with Gasteiger partial charge in [0.05, 0.1) is 5.41 Å². The van der Waals surface area contributed by atoms with Crippen molar-refractivity contribution in [1.29, 1.82) is 0 Å². The van der Waals surface area contributed by atoms with Crippen LogP contribution >= 0.6 is 11.6 Å². The molecule has 0 bridgehead atoms. The first-order valence-electron chi connectivity index (χ1n) is 6.85. The number of nitrogens with two attached hydrogens (primary N) is 1. The van der Waals surface area contributed by atoms with Gasteiger partial charge in [0.2, 0.25) is 5.91 Å². The maximum absolute atomic E-state index is 12.6. The van der Waals surface area contributed by atoms with E-state index < -0.39 is 5.41 Å². The smallest absolute Gasteiger partial charge is 0.230 e. The molecule has 1 saturated carbocycles. The van der Waals surface area contributed by atoms with Gasteiger partial charge in [-0.05, 0) is 37.5 Å². The largest absolute Gasteiger partial charge is 0.352 e. The maximum atomic E-state index is 12.6. The molecule has 1 amide bonds. The Morgan fingerprint density at radius 1 is 1.37 bits per heavy atom. The topological polar surface area (TPSA) is 55.1 Å². The molecule has 104 valence electrons. The monoisotopic (exact) mass is 280 g/mol. The van der Waals surface area contributed by atoms with Gasteiger partial charge in [0.1, 0.15) is 0 Å². The number of hydrogen-bond acceptors (Lipinski definition) is 2. The van der Waals surface area contributed by atoms with Crippen molar-refractivity contribution in [2.45, 2.75) is 44.1 Å². The lowest BCUT2D eigenvalue weighted by Gasteiger charge is -2.30. The van der Waals surface area contributed by atoms with Crippen LogP contribution in [0.1, 0.15) is 38.2 Å². The SMILES string of the molecule is C[C@@H](CN)NC(=O)C1(c2ccc(Cl)cc2)CCCC1. The second kappa shape index (κ2) is 5.93. The lowest BCUT2D eigenvalue weighted by atomic mass is 9.78. The highest BCUT2D eigenvalue weighted by molar-refractivity contribution is 6.30. The fraction of sp³-hybridized carbons (Fsp3) is 0.533. The lowest BCUT2D eigenvalue weighted by Crippen LogP contribution is -2.48. The molecule has 0 spiro atoms. The van der Waals surface area contributed by atoms with Crippen LogP contribution in [0.5, 0.6) is 0 Å². The van der Waals surface area contributed by atoms with E-state index >= 15 is 0 Å². The molecule has 0 unspecified atom stereocenters. The van der Waals surface area contributed by atoms with Crippen LogP contribution in [0.25, 0.3) is 0 Å². The van der Waals surface area contributed by atoms with Crippen LogP contribution in [0.4, 0.5) is 0 Å². The van der Waals surface area contributed by atoms with Crippen LogP contribution in [0.15, 0.2) is 24.3 Å². The standard InChI is InChI=1S/C15H21ClN2O/c1-11(10-17)18-14(19)15(8-2-3-9-15)12-4-6-13(16)7-5-12/h4-7,11H,2-3,8-10,17H2,1H3,(H,18,19)/t11-/m0/s1. The van der Waals surface area contributed by atoms with E-state index in [-0.39, 0.29) is 11.9 Å². The summed E-state index contributed by atoms with van der Waals surface area (Å²) in [5, 5.41) is 3.73. The van der Waals surface area contributed by atoms with Gasteiger partial charge in [-0.25, -0.2) is 0 Å².